The summed E-state index contributed by atoms with van der Waals surface area (Å²) in [4.78, 5) is 15.8. The number of carbonyl (C=O) groups excluding carboxylic acids is 1. The van der Waals surface area contributed by atoms with Gasteiger partial charge in [-0.1, -0.05) is 6.92 Å². The second-order valence-electron chi connectivity index (χ2n) is 4.53. The zero-order valence-electron chi connectivity index (χ0n) is 12.6. The number of nitrogens with zero attached hydrogens (tertiary/aromatic N) is 2. The molecule has 1 aromatic heterocycles. The summed E-state index contributed by atoms with van der Waals surface area (Å²) in [5.41, 5.74) is -0.0227. The Kier molecular flexibility index (Phi) is 6.37. The van der Waals surface area contributed by atoms with Crippen LogP contribution in [0.5, 0.6) is 0 Å². The minimum absolute atomic E-state index is 0.0227. The maximum atomic E-state index is 12.6. The maximum Gasteiger partial charge on any atom is 0.405 e. The van der Waals surface area contributed by atoms with Crippen molar-refractivity contribution in [3.05, 3.63) is 18.3 Å². The van der Waals surface area contributed by atoms with Crippen molar-refractivity contribution < 1.29 is 31.1 Å². The molecule has 0 amide bonds. The summed E-state index contributed by atoms with van der Waals surface area (Å²) in [5, 5.41) is -0.230. The summed E-state index contributed by atoms with van der Waals surface area (Å²) in [6, 6.07) is 2.29. The average Bonchev–Trinajstić information content (AvgIpc) is 2.45. The molecule has 0 aliphatic carbocycles. The molecule has 130 valence electrons. The average molecular weight is 354 g/mol. The van der Waals surface area contributed by atoms with E-state index in [1.54, 1.807) is 0 Å². The van der Waals surface area contributed by atoms with Crippen LogP contribution in [0.2, 0.25) is 0 Å². The summed E-state index contributed by atoms with van der Waals surface area (Å²) in [7, 11) is -3.55. The number of sulfone groups is 1. The first-order valence-electron chi connectivity index (χ1n) is 6.75. The topological polar surface area (TPSA) is 76.6 Å². The van der Waals surface area contributed by atoms with Gasteiger partial charge in [0.2, 0.25) is 0 Å². The number of aromatic nitrogens is 1. The summed E-state index contributed by atoms with van der Waals surface area (Å²) in [6.45, 7) is 1.02. The molecule has 0 saturated heterocycles. The van der Waals surface area contributed by atoms with Gasteiger partial charge in [-0.25, -0.2) is 13.4 Å². The van der Waals surface area contributed by atoms with Crippen molar-refractivity contribution in [3.8, 4) is 0 Å². The van der Waals surface area contributed by atoms with Gasteiger partial charge in [0, 0.05) is 0 Å². The summed E-state index contributed by atoms with van der Waals surface area (Å²) in [6.07, 6.45) is -3.55. The molecular weight excluding hydrogens is 337 g/mol. The lowest BCUT2D eigenvalue weighted by atomic mass is 10.3. The van der Waals surface area contributed by atoms with E-state index in [4.69, 9.17) is 0 Å². The van der Waals surface area contributed by atoms with Gasteiger partial charge in [-0.3, -0.25) is 4.79 Å². The number of hydrogen-bond donors (Lipinski definition) is 0. The minimum atomic E-state index is -4.54. The van der Waals surface area contributed by atoms with Crippen LogP contribution in [0.4, 0.5) is 18.9 Å². The molecule has 1 heterocycles. The highest BCUT2D eigenvalue weighted by Gasteiger charge is 2.32. The molecule has 0 radical (unpaired) electrons. The highest BCUT2D eigenvalue weighted by atomic mass is 32.2. The number of rotatable bonds is 7. The second kappa shape index (κ2) is 7.62. The van der Waals surface area contributed by atoms with Gasteiger partial charge in [-0.2, -0.15) is 13.2 Å². The van der Waals surface area contributed by atoms with E-state index >= 15 is 0 Å². The zero-order chi connectivity index (χ0) is 17.7. The number of pyridine rings is 1. The van der Waals surface area contributed by atoms with E-state index in [2.05, 4.69) is 9.72 Å². The van der Waals surface area contributed by atoms with E-state index in [9.17, 15) is 26.4 Å². The van der Waals surface area contributed by atoms with Crippen molar-refractivity contribution in [2.45, 2.75) is 25.0 Å². The molecule has 0 aromatic carbocycles. The second-order valence-corrected chi connectivity index (χ2v) is 6.76. The number of ether oxygens (including phenoxy) is 1. The largest absolute Gasteiger partial charge is 0.465 e. The van der Waals surface area contributed by atoms with E-state index in [0.717, 1.165) is 17.2 Å². The molecule has 1 rings (SSSR count). The Balaban J connectivity index is 3.04. The summed E-state index contributed by atoms with van der Waals surface area (Å²) in [5.74, 6) is -0.990. The van der Waals surface area contributed by atoms with Gasteiger partial charge < -0.3 is 9.64 Å². The van der Waals surface area contributed by atoms with Crippen LogP contribution in [0, 0.1) is 0 Å². The van der Waals surface area contributed by atoms with Crippen molar-refractivity contribution in [1.82, 2.24) is 4.98 Å². The molecule has 1 aromatic rings. The molecular formula is C13H17F3N2O4S. The van der Waals surface area contributed by atoms with E-state index in [1.807, 2.05) is 0 Å². The first-order valence-corrected chi connectivity index (χ1v) is 8.40. The zero-order valence-corrected chi connectivity index (χ0v) is 13.4. The molecule has 0 atom stereocenters. The Morgan fingerprint density at radius 1 is 1.30 bits per heavy atom. The lowest BCUT2D eigenvalue weighted by molar-refractivity contribution is -0.142. The highest BCUT2D eigenvalue weighted by Crippen LogP contribution is 2.22. The fraction of sp³-hybridized carbons (Fsp3) is 0.538. The van der Waals surface area contributed by atoms with Crippen molar-refractivity contribution in [2.24, 2.45) is 0 Å². The fourth-order valence-electron chi connectivity index (χ4n) is 1.71. The SMILES string of the molecule is CCOC(=O)CN(CC(F)(F)F)c1ccc(S(=O)(=O)CC)nc1. The number of alkyl halides is 3. The van der Waals surface area contributed by atoms with Crippen LogP contribution in [0.25, 0.3) is 0 Å². The molecule has 23 heavy (non-hydrogen) atoms. The van der Waals surface area contributed by atoms with Crippen molar-refractivity contribution in [1.29, 1.82) is 0 Å². The van der Waals surface area contributed by atoms with Crippen LogP contribution in [-0.4, -0.2) is 51.0 Å². The Morgan fingerprint density at radius 2 is 1.96 bits per heavy atom. The van der Waals surface area contributed by atoms with Crippen LogP contribution in [0.15, 0.2) is 23.4 Å². The molecule has 0 unspecified atom stereocenters. The first kappa shape index (κ1) is 19.2. The third-order valence-electron chi connectivity index (χ3n) is 2.78. The number of esters is 1. The van der Waals surface area contributed by atoms with Gasteiger partial charge in [0.05, 0.1) is 24.2 Å². The molecule has 0 saturated carbocycles. The smallest absolute Gasteiger partial charge is 0.405 e. The minimum Gasteiger partial charge on any atom is -0.465 e. The van der Waals surface area contributed by atoms with Crippen LogP contribution in [0.1, 0.15) is 13.8 Å². The monoisotopic (exact) mass is 354 g/mol. The van der Waals surface area contributed by atoms with Gasteiger partial charge in [0.25, 0.3) is 0 Å². The maximum absolute atomic E-state index is 12.6. The summed E-state index contributed by atoms with van der Waals surface area (Å²) < 4.78 is 65.8. The van der Waals surface area contributed by atoms with E-state index in [1.165, 1.54) is 19.9 Å². The van der Waals surface area contributed by atoms with Crippen molar-refractivity contribution >= 4 is 21.5 Å². The molecule has 0 bridgehead atoms. The number of halogens is 3. The molecule has 0 spiro atoms. The quantitative estimate of drug-likeness (QED) is 0.695. The number of anilines is 1. The molecule has 0 aliphatic heterocycles. The van der Waals surface area contributed by atoms with Crippen LogP contribution >= 0.6 is 0 Å². The summed E-state index contributed by atoms with van der Waals surface area (Å²) >= 11 is 0. The normalized spacial score (nSPS) is 12.0. The highest BCUT2D eigenvalue weighted by molar-refractivity contribution is 7.91. The lowest BCUT2D eigenvalue weighted by Crippen LogP contribution is -2.38. The number of carbonyl (C=O) groups is 1. The molecule has 0 fully saturated rings. The first-order chi connectivity index (χ1) is 10.6. The lowest BCUT2D eigenvalue weighted by Gasteiger charge is -2.24. The molecule has 0 N–H and O–H groups in total. The van der Waals surface area contributed by atoms with Gasteiger partial charge in [0.1, 0.15) is 13.1 Å². The predicted octanol–water partition coefficient (Wildman–Crippen LogP) is 1.81. The Hall–Kier alpha value is -1.84. The van der Waals surface area contributed by atoms with Gasteiger partial charge in [-0.15, -0.1) is 0 Å². The molecule has 6 nitrogen and oxygen atoms in total. The molecule has 10 heteroatoms. The predicted molar refractivity (Wildman–Crippen MR) is 76.9 cm³/mol. The molecule has 0 aliphatic rings. The van der Waals surface area contributed by atoms with E-state index in [0.29, 0.717) is 0 Å². The number of hydrogen-bond acceptors (Lipinski definition) is 6. The Morgan fingerprint density at radius 3 is 2.39 bits per heavy atom. The Labute approximate surface area is 132 Å². The fourth-order valence-corrected chi connectivity index (χ4v) is 2.49. The van der Waals surface area contributed by atoms with Gasteiger partial charge in [0.15, 0.2) is 14.9 Å². The Bertz CT molecular complexity index is 630. The van der Waals surface area contributed by atoms with E-state index < -0.39 is 35.1 Å². The van der Waals surface area contributed by atoms with Crippen LogP contribution in [-0.2, 0) is 19.4 Å². The third-order valence-corrected chi connectivity index (χ3v) is 4.42. The van der Waals surface area contributed by atoms with Crippen molar-refractivity contribution in [3.63, 3.8) is 0 Å². The van der Waals surface area contributed by atoms with Gasteiger partial charge in [-0.05, 0) is 19.1 Å². The third kappa shape index (κ3) is 6.05. The standard InChI is InChI=1S/C13H17F3N2O4S/c1-3-22-12(19)8-18(9-13(14,15)16)10-5-6-11(17-7-10)23(20,21)4-2/h5-7H,3-4,8-9H2,1-2H3. The van der Waals surface area contributed by atoms with Crippen LogP contribution < -0.4 is 4.90 Å². The van der Waals surface area contributed by atoms with E-state index in [-0.39, 0.29) is 23.1 Å². The van der Waals surface area contributed by atoms with Gasteiger partial charge >= 0.3 is 12.1 Å². The van der Waals surface area contributed by atoms with Crippen molar-refractivity contribution in [2.75, 3.05) is 30.3 Å². The van der Waals surface area contributed by atoms with Crippen LogP contribution in [0.3, 0.4) is 0 Å².